The summed E-state index contributed by atoms with van der Waals surface area (Å²) in [7, 11) is 0. The van der Waals surface area contributed by atoms with Crippen LogP contribution in [0.15, 0.2) is 9.95 Å². The Labute approximate surface area is 149 Å². The maximum absolute atomic E-state index is 13.1. The van der Waals surface area contributed by atoms with Crippen molar-refractivity contribution in [1.82, 2.24) is 9.55 Å². The number of nitrogens with one attached hydrogen (secondary N) is 1. The van der Waals surface area contributed by atoms with Crippen molar-refractivity contribution in [3.63, 3.8) is 0 Å². The van der Waals surface area contributed by atoms with Crippen LogP contribution < -0.4 is 15.8 Å². The summed E-state index contributed by atoms with van der Waals surface area (Å²) in [4.78, 5) is 31.4. The molecule has 1 rings (SSSR count). The lowest BCUT2D eigenvalue weighted by atomic mass is 10.3. The minimum Gasteiger partial charge on any atom is -0.364 e. The molecule has 1 amide bonds. The van der Waals surface area contributed by atoms with Gasteiger partial charge in [0.05, 0.1) is 0 Å². The lowest BCUT2D eigenvalue weighted by Crippen LogP contribution is -2.36. The smallest absolute Gasteiger partial charge is 0.279 e. The van der Waals surface area contributed by atoms with E-state index < -0.39 is 0 Å². The van der Waals surface area contributed by atoms with E-state index in [4.69, 9.17) is 0 Å². The van der Waals surface area contributed by atoms with Gasteiger partial charge in [0.1, 0.15) is 5.69 Å². The van der Waals surface area contributed by atoms with E-state index in [0.29, 0.717) is 23.2 Å². The van der Waals surface area contributed by atoms with Crippen LogP contribution in [0.4, 0.5) is 11.5 Å². The van der Waals surface area contributed by atoms with Gasteiger partial charge in [-0.2, -0.15) is 0 Å². The number of hydrogen-bond acceptors (Lipinski definition) is 5. The van der Waals surface area contributed by atoms with Crippen LogP contribution in [0.1, 0.15) is 53.9 Å². The second-order valence-electron chi connectivity index (χ2n) is 5.66. The minimum atomic E-state index is -0.211. The Morgan fingerprint density at radius 3 is 2.25 bits per heavy atom. The fourth-order valence-corrected chi connectivity index (χ4v) is 3.43. The average molecular weight is 355 g/mol. The van der Waals surface area contributed by atoms with Crippen LogP contribution in [0.3, 0.4) is 0 Å². The Hall–Kier alpha value is -1.50. The molecule has 1 aromatic heterocycles. The molecule has 0 aliphatic rings. The second kappa shape index (κ2) is 10.4. The van der Waals surface area contributed by atoms with Crippen molar-refractivity contribution in [1.29, 1.82) is 0 Å². The normalized spacial score (nSPS) is 10.7. The summed E-state index contributed by atoms with van der Waals surface area (Å²) < 4.78 is 1.71. The third-order valence-electron chi connectivity index (χ3n) is 3.46. The Balaban J connectivity index is 3.51. The average Bonchev–Trinajstić information content (AvgIpc) is 2.52. The maximum Gasteiger partial charge on any atom is 0.279 e. The van der Waals surface area contributed by atoms with E-state index in [1.807, 2.05) is 11.8 Å². The summed E-state index contributed by atoms with van der Waals surface area (Å²) in [6, 6.07) is 0. The highest BCUT2D eigenvalue weighted by molar-refractivity contribution is 7.99. The lowest BCUT2D eigenvalue weighted by Gasteiger charge is -2.26. The highest BCUT2D eigenvalue weighted by atomic mass is 32.2. The van der Waals surface area contributed by atoms with Crippen molar-refractivity contribution in [2.45, 2.75) is 65.6 Å². The number of carbonyl (C=O) groups excluding carboxylic acids is 1. The molecule has 24 heavy (non-hydrogen) atoms. The molecule has 0 aliphatic heterocycles. The standard InChI is InChI=1S/C17H30N4O2S/c1-6-10-20(11-7-2)14-15(18-13(5)22)19-17(24-12-8-3)21(9-4)16(14)23/h6-12H2,1-5H3,(H,18,22). The molecule has 0 atom stereocenters. The maximum atomic E-state index is 13.1. The van der Waals surface area contributed by atoms with Crippen LogP contribution in [0.2, 0.25) is 0 Å². The minimum absolute atomic E-state index is 0.0725. The number of aromatic nitrogens is 2. The summed E-state index contributed by atoms with van der Waals surface area (Å²) in [5.41, 5.74) is 0.438. The van der Waals surface area contributed by atoms with Gasteiger partial charge in [0.2, 0.25) is 5.91 Å². The van der Waals surface area contributed by atoms with E-state index in [0.717, 1.165) is 38.1 Å². The number of carbonyl (C=O) groups is 1. The van der Waals surface area contributed by atoms with Gasteiger partial charge in [0.25, 0.3) is 5.56 Å². The van der Waals surface area contributed by atoms with Gasteiger partial charge in [-0.25, -0.2) is 4.98 Å². The van der Waals surface area contributed by atoms with Crippen LogP contribution in [0.5, 0.6) is 0 Å². The predicted molar refractivity (Wildman–Crippen MR) is 102 cm³/mol. The molecule has 0 unspecified atom stereocenters. The fraction of sp³-hybridized carbons (Fsp3) is 0.706. The molecular formula is C17H30N4O2S. The first-order chi connectivity index (χ1) is 11.5. The number of nitrogens with zero attached hydrogens (tertiary/aromatic N) is 3. The molecule has 0 aliphatic carbocycles. The first kappa shape index (κ1) is 20.5. The summed E-state index contributed by atoms with van der Waals surface area (Å²) in [5.74, 6) is 1.06. The van der Waals surface area contributed by atoms with E-state index in [1.165, 1.54) is 6.92 Å². The SMILES string of the molecule is CCCSc1nc(NC(C)=O)c(N(CCC)CCC)c(=O)n1CC. The van der Waals surface area contributed by atoms with Gasteiger partial charge in [-0.3, -0.25) is 14.2 Å². The molecule has 136 valence electrons. The van der Waals surface area contributed by atoms with Gasteiger partial charge >= 0.3 is 0 Å². The molecule has 1 N–H and O–H groups in total. The summed E-state index contributed by atoms with van der Waals surface area (Å²) in [5, 5.41) is 3.43. The quantitative estimate of drug-likeness (QED) is 0.515. The van der Waals surface area contributed by atoms with Gasteiger partial charge in [-0.15, -0.1) is 0 Å². The van der Waals surface area contributed by atoms with Crippen molar-refractivity contribution in [3.05, 3.63) is 10.4 Å². The number of thioether (sulfide) groups is 1. The molecular weight excluding hydrogens is 324 g/mol. The van der Waals surface area contributed by atoms with Gasteiger partial charge in [0, 0.05) is 32.3 Å². The van der Waals surface area contributed by atoms with Crippen LogP contribution in [0.25, 0.3) is 0 Å². The third-order valence-corrected chi connectivity index (χ3v) is 4.64. The van der Waals surface area contributed by atoms with Crippen molar-refractivity contribution >= 4 is 29.2 Å². The number of rotatable bonds is 10. The van der Waals surface area contributed by atoms with Crippen LogP contribution in [-0.2, 0) is 11.3 Å². The summed E-state index contributed by atoms with van der Waals surface area (Å²) in [6.07, 6.45) is 2.86. The first-order valence-electron chi connectivity index (χ1n) is 8.80. The summed E-state index contributed by atoms with van der Waals surface area (Å²) in [6.45, 7) is 11.7. The molecule has 7 heteroatoms. The molecule has 0 radical (unpaired) electrons. The molecule has 0 spiro atoms. The number of anilines is 2. The van der Waals surface area contributed by atoms with Crippen LogP contribution >= 0.6 is 11.8 Å². The van der Waals surface area contributed by atoms with Crippen molar-refractivity contribution in [3.8, 4) is 0 Å². The van der Waals surface area contributed by atoms with Crippen molar-refractivity contribution in [2.75, 3.05) is 29.1 Å². The predicted octanol–water partition coefficient (Wildman–Crippen LogP) is 3.35. The Bertz CT molecular complexity index is 595. The molecule has 0 bridgehead atoms. The Kier molecular flexibility index (Phi) is 8.89. The Morgan fingerprint density at radius 1 is 1.17 bits per heavy atom. The molecule has 6 nitrogen and oxygen atoms in total. The largest absolute Gasteiger partial charge is 0.364 e. The molecule has 0 saturated heterocycles. The molecule has 0 fully saturated rings. The first-order valence-corrected chi connectivity index (χ1v) is 9.78. The zero-order valence-corrected chi connectivity index (χ0v) is 16.3. The monoisotopic (exact) mass is 354 g/mol. The second-order valence-corrected chi connectivity index (χ2v) is 6.72. The van der Waals surface area contributed by atoms with Crippen LogP contribution in [-0.4, -0.2) is 34.3 Å². The fourth-order valence-electron chi connectivity index (χ4n) is 2.52. The van der Waals surface area contributed by atoms with Gasteiger partial charge in [0.15, 0.2) is 11.0 Å². The summed E-state index contributed by atoms with van der Waals surface area (Å²) >= 11 is 1.56. The Morgan fingerprint density at radius 2 is 1.79 bits per heavy atom. The van der Waals surface area contributed by atoms with Gasteiger partial charge in [-0.1, -0.05) is 32.5 Å². The highest BCUT2D eigenvalue weighted by Gasteiger charge is 2.21. The molecule has 0 saturated carbocycles. The van der Waals surface area contributed by atoms with Gasteiger partial charge < -0.3 is 10.2 Å². The van der Waals surface area contributed by atoms with Crippen molar-refractivity contribution in [2.24, 2.45) is 0 Å². The molecule has 1 aromatic rings. The van der Waals surface area contributed by atoms with E-state index >= 15 is 0 Å². The zero-order valence-electron chi connectivity index (χ0n) is 15.5. The van der Waals surface area contributed by atoms with E-state index in [9.17, 15) is 9.59 Å². The molecule has 0 aromatic carbocycles. The van der Waals surface area contributed by atoms with E-state index in [1.54, 1.807) is 16.3 Å². The highest BCUT2D eigenvalue weighted by Crippen LogP contribution is 2.25. The zero-order chi connectivity index (χ0) is 18.1. The van der Waals surface area contributed by atoms with E-state index in [-0.39, 0.29) is 11.5 Å². The van der Waals surface area contributed by atoms with Crippen LogP contribution in [0, 0.1) is 0 Å². The topological polar surface area (TPSA) is 67.2 Å². The molecule has 1 heterocycles. The number of hydrogen-bond donors (Lipinski definition) is 1. The van der Waals surface area contributed by atoms with E-state index in [2.05, 4.69) is 31.1 Å². The van der Waals surface area contributed by atoms with Gasteiger partial charge in [-0.05, 0) is 26.2 Å². The lowest BCUT2D eigenvalue weighted by molar-refractivity contribution is -0.114. The third kappa shape index (κ3) is 5.26. The van der Waals surface area contributed by atoms with Crippen molar-refractivity contribution < 1.29 is 4.79 Å². The number of amides is 1.